The Morgan fingerprint density at radius 3 is 2.33 bits per heavy atom. The molecule has 1 rings (SSSR count). The average molecular weight is 322 g/mol. The monoisotopic (exact) mass is 322 g/mol. The van der Waals surface area contributed by atoms with Crippen molar-refractivity contribution in [3.8, 4) is 0 Å². The van der Waals surface area contributed by atoms with Gasteiger partial charge in [0.25, 0.3) is 0 Å². The molecule has 1 heterocycles. The van der Waals surface area contributed by atoms with Crippen molar-refractivity contribution >= 4 is 29.9 Å². The van der Waals surface area contributed by atoms with Crippen LogP contribution in [0.3, 0.4) is 0 Å². The highest BCUT2D eigenvalue weighted by atomic mass is 127. The van der Waals surface area contributed by atoms with Gasteiger partial charge in [-0.2, -0.15) is 0 Å². The molecule has 84 valence electrons. The lowest BCUT2D eigenvalue weighted by Gasteiger charge is -2.02. The van der Waals surface area contributed by atoms with Crippen molar-refractivity contribution in [1.82, 2.24) is 0 Å². The van der Waals surface area contributed by atoms with Crippen LogP contribution in [0.1, 0.15) is 37.2 Å². The first-order valence-electron chi connectivity index (χ1n) is 4.83. The number of aromatic nitrogens is 1. The molecule has 0 aromatic carbocycles. The highest BCUT2D eigenvalue weighted by Gasteiger charge is 2.10. The summed E-state index contributed by atoms with van der Waals surface area (Å²) in [6.07, 6.45) is 3.77. The van der Waals surface area contributed by atoms with Crippen LogP contribution in [0.5, 0.6) is 0 Å². The molecule has 0 saturated heterocycles. The number of halogens is 1. The van der Waals surface area contributed by atoms with Crippen molar-refractivity contribution < 1.29 is 14.1 Å². The first kappa shape index (κ1) is 14.3. The molecule has 0 saturated carbocycles. The van der Waals surface area contributed by atoms with E-state index < -0.39 is 0 Å². The van der Waals surface area contributed by atoms with E-state index in [4.69, 9.17) is 4.74 Å². The van der Waals surface area contributed by atoms with Crippen LogP contribution in [-0.2, 0) is 4.74 Å². The Bertz CT molecular complexity index is 309. The summed E-state index contributed by atoms with van der Waals surface area (Å²) in [6, 6.07) is 3.96. The fourth-order valence-corrected chi connectivity index (χ4v) is 1.13. The van der Waals surface area contributed by atoms with Gasteiger partial charge in [0.2, 0.25) is 0 Å². The van der Waals surface area contributed by atoms with Gasteiger partial charge in [-0.3, -0.25) is 0 Å². The number of nitrogens with zero attached hydrogens (tertiary/aromatic N) is 1. The Morgan fingerprint density at radius 2 is 1.93 bits per heavy atom. The fourth-order valence-electron chi connectivity index (χ4n) is 1.13. The van der Waals surface area contributed by atoms with E-state index in [-0.39, 0.29) is 29.9 Å². The zero-order valence-corrected chi connectivity index (χ0v) is 11.6. The summed E-state index contributed by atoms with van der Waals surface area (Å²) >= 11 is 0. The maximum Gasteiger partial charge on any atom is 0.338 e. The third-order valence-corrected chi connectivity index (χ3v) is 1.96. The minimum absolute atomic E-state index is 0. The van der Waals surface area contributed by atoms with E-state index in [0.29, 0.717) is 18.2 Å². The Morgan fingerprint density at radius 1 is 1.40 bits per heavy atom. The highest BCUT2D eigenvalue weighted by Crippen LogP contribution is 2.00. The van der Waals surface area contributed by atoms with Crippen LogP contribution in [0.15, 0.2) is 24.5 Å². The van der Waals surface area contributed by atoms with Crippen molar-refractivity contribution in [2.45, 2.75) is 26.8 Å². The molecule has 0 fully saturated rings. The van der Waals surface area contributed by atoms with Gasteiger partial charge in [-0.05, 0) is 20.8 Å². The van der Waals surface area contributed by atoms with Crippen LogP contribution in [0.4, 0.5) is 0 Å². The molecule has 1 aromatic heterocycles. The summed E-state index contributed by atoms with van der Waals surface area (Å²) < 4.78 is 6.91. The summed E-state index contributed by atoms with van der Waals surface area (Å²) in [5, 5.41) is 0. The third kappa shape index (κ3) is 4.15. The maximum atomic E-state index is 11.3. The van der Waals surface area contributed by atoms with Gasteiger partial charge in [-0.1, -0.05) is 0 Å². The molecule has 0 aliphatic carbocycles. The third-order valence-electron chi connectivity index (χ3n) is 1.96. The van der Waals surface area contributed by atoms with E-state index in [2.05, 4.69) is 13.8 Å². The first-order valence-corrected chi connectivity index (χ1v) is 4.83. The Hall–Kier alpha value is -0.650. The second-order valence-electron chi connectivity index (χ2n) is 3.35. The number of esters is 1. The highest BCUT2D eigenvalue weighted by molar-refractivity contribution is 14.0. The maximum absolute atomic E-state index is 11.3. The van der Waals surface area contributed by atoms with E-state index >= 15 is 0 Å². The zero-order valence-electron chi connectivity index (χ0n) is 9.27. The van der Waals surface area contributed by atoms with Crippen LogP contribution in [0.2, 0.25) is 0 Å². The molecule has 0 amide bonds. The SMILES string of the molecule is CCOC(=O)c1cc[n+](C(C)C)cc1.I. The molecular weight excluding hydrogens is 305 g/mol. The molecule has 0 aliphatic heterocycles. The number of carbonyl (C=O) groups is 1. The van der Waals surface area contributed by atoms with Crippen LogP contribution in [0.25, 0.3) is 0 Å². The Kier molecular flexibility index (Phi) is 6.47. The molecule has 0 unspecified atom stereocenters. The number of hydrogen-bond donors (Lipinski definition) is 0. The Balaban J connectivity index is 0.00000196. The average Bonchev–Trinajstić information content (AvgIpc) is 2.18. The van der Waals surface area contributed by atoms with Gasteiger partial charge < -0.3 is 4.74 Å². The quantitative estimate of drug-likeness (QED) is 0.486. The van der Waals surface area contributed by atoms with E-state index in [9.17, 15) is 4.79 Å². The van der Waals surface area contributed by atoms with Gasteiger partial charge in [0.05, 0.1) is 12.2 Å². The second-order valence-corrected chi connectivity index (χ2v) is 3.35. The molecule has 0 radical (unpaired) electrons. The lowest BCUT2D eigenvalue weighted by Crippen LogP contribution is -2.35. The molecule has 1 aromatic rings. The molecular formula is C11H17INO2+. The van der Waals surface area contributed by atoms with Gasteiger partial charge in [0.1, 0.15) is 0 Å². The second kappa shape index (κ2) is 6.76. The summed E-state index contributed by atoms with van der Waals surface area (Å²) in [5.41, 5.74) is 0.601. The van der Waals surface area contributed by atoms with Crippen molar-refractivity contribution in [2.75, 3.05) is 6.61 Å². The van der Waals surface area contributed by atoms with Crippen molar-refractivity contribution in [1.29, 1.82) is 0 Å². The largest absolute Gasteiger partial charge is 0.462 e. The first-order chi connectivity index (χ1) is 6.65. The van der Waals surface area contributed by atoms with Crippen molar-refractivity contribution in [3.63, 3.8) is 0 Å². The molecule has 0 aliphatic rings. The lowest BCUT2D eigenvalue weighted by atomic mass is 10.2. The van der Waals surface area contributed by atoms with Gasteiger partial charge in [-0.25, -0.2) is 9.36 Å². The lowest BCUT2D eigenvalue weighted by molar-refractivity contribution is -0.716. The van der Waals surface area contributed by atoms with Crippen molar-refractivity contribution in [3.05, 3.63) is 30.1 Å². The van der Waals surface area contributed by atoms with Gasteiger partial charge in [0.15, 0.2) is 18.4 Å². The number of carbonyl (C=O) groups excluding carboxylic acids is 1. The normalized spacial score (nSPS) is 9.60. The smallest absolute Gasteiger partial charge is 0.338 e. The predicted octanol–water partition coefficient (Wildman–Crippen LogP) is 2.35. The molecule has 0 N–H and O–H groups in total. The van der Waals surface area contributed by atoms with E-state index in [1.54, 1.807) is 19.1 Å². The molecule has 0 bridgehead atoms. The van der Waals surface area contributed by atoms with Crippen LogP contribution in [-0.4, -0.2) is 12.6 Å². The van der Waals surface area contributed by atoms with Gasteiger partial charge in [0, 0.05) is 12.1 Å². The Labute approximate surface area is 107 Å². The zero-order chi connectivity index (χ0) is 10.6. The number of rotatable bonds is 3. The fraction of sp³-hybridized carbons (Fsp3) is 0.455. The molecule has 0 atom stereocenters. The van der Waals surface area contributed by atoms with E-state index in [1.165, 1.54) is 0 Å². The topological polar surface area (TPSA) is 30.2 Å². The van der Waals surface area contributed by atoms with Crippen LogP contribution in [0, 0.1) is 0 Å². The van der Waals surface area contributed by atoms with Crippen LogP contribution < -0.4 is 4.57 Å². The van der Waals surface area contributed by atoms with Gasteiger partial charge in [-0.15, -0.1) is 24.0 Å². The summed E-state index contributed by atoms with van der Waals surface area (Å²) in [5.74, 6) is -0.261. The number of hydrogen-bond acceptors (Lipinski definition) is 2. The standard InChI is InChI=1S/C11H16NO2.HI/c1-4-14-11(13)10-5-7-12(8-6-10)9(2)3;/h5-9H,4H2,1-3H3;1H/q+1;. The summed E-state index contributed by atoms with van der Waals surface area (Å²) in [4.78, 5) is 11.3. The number of pyridine rings is 1. The molecule has 4 heteroatoms. The molecule has 0 spiro atoms. The number of ether oxygens (including phenoxy) is 1. The van der Waals surface area contributed by atoms with Crippen LogP contribution >= 0.6 is 24.0 Å². The summed E-state index contributed by atoms with van der Waals surface area (Å²) in [7, 11) is 0. The summed E-state index contributed by atoms with van der Waals surface area (Å²) in [6.45, 7) is 6.39. The van der Waals surface area contributed by atoms with E-state index in [1.807, 2.05) is 17.0 Å². The minimum Gasteiger partial charge on any atom is -0.462 e. The minimum atomic E-state index is -0.261. The van der Waals surface area contributed by atoms with Gasteiger partial charge >= 0.3 is 5.97 Å². The van der Waals surface area contributed by atoms with Crippen molar-refractivity contribution in [2.24, 2.45) is 0 Å². The predicted molar refractivity (Wildman–Crippen MR) is 68.4 cm³/mol. The molecule has 3 nitrogen and oxygen atoms in total. The molecule has 15 heavy (non-hydrogen) atoms. The van der Waals surface area contributed by atoms with E-state index in [0.717, 1.165) is 0 Å².